The Kier molecular flexibility index (Phi) is 3.38. The summed E-state index contributed by atoms with van der Waals surface area (Å²) in [5, 5.41) is 9.32. The van der Waals surface area contributed by atoms with Crippen LogP contribution in [0.1, 0.15) is 18.4 Å². The molecule has 2 aliphatic rings. The minimum Gasteiger partial charge on any atom is -0.481 e. The van der Waals surface area contributed by atoms with E-state index in [1.54, 1.807) is 0 Å². The average Bonchev–Trinajstić information content (AvgIpc) is 2.81. The lowest BCUT2D eigenvalue weighted by Gasteiger charge is -2.24. The van der Waals surface area contributed by atoms with Crippen molar-refractivity contribution in [1.82, 2.24) is 4.90 Å². The van der Waals surface area contributed by atoms with Crippen LogP contribution >= 0.6 is 0 Å². The molecule has 0 bridgehead atoms. The minimum absolute atomic E-state index is 0.180. The molecule has 3 heteroatoms. The molecule has 0 spiro atoms. The number of aliphatic carboxylic acids is 1. The number of allylic oxidation sites excluding steroid dienone is 1. The van der Waals surface area contributed by atoms with Crippen LogP contribution < -0.4 is 0 Å². The van der Waals surface area contributed by atoms with Crippen molar-refractivity contribution >= 4 is 5.97 Å². The second-order valence-corrected chi connectivity index (χ2v) is 5.56. The Labute approximate surface area is 113 Å². The zero-order chi connectivity index (χ0) is 13.2. The van der Waals surface area contributed by atoms with E-state index in [1.807, 2.05) is 6.07 Å². The largest absolute Gasteiger partial charge is 0.481 e. The average molecular weight is 257 g/mol. The SMILES string of the molecule is O=C(O)C1CCC=C2CN(Cc3ccccc3)CC21. The Hall–Kier alpha value is -1.61. The number of carboxylic acid groups (broad SMARTS) is 1. The van der Waals surface area contributed by atoms with Gasteiger partial charge in [0.05, 0.1) is 5.92 Å². The smallest absolute Gasteiger partial charge is 0.307 e. The lowest BCUT2D eigenvalue weighted by atomic mass is 9.80. The van der Waals surface area contributed by atoms with E-state index in [2.05, 4.69) is 35.2 Å². The van der Waals surface area contributed by atoms with E-state index in [0.717, 1.165) is 32.5 Å². The molecule has 0 radical (unpaired) electrons. The molecule has 19 heavy (non-hydrogen) atoms. The normalized spacial score (nSPS) is 26.8. The molecule has 0 saturated carbocycles. The molecule has 2 atom stereocenters. The van der Waals surface area contributed by atoms with Gasteiger partial charge in [0.1, 0.15) is 0 Å². The highest BCUT2D eigenvalue weighted by Gasteiger charge is 2.38. The molecule has 1 aliphatic heterocycles. The van der Waals surface area contributed by atoms with Gasteiger partial charge in [-0.1, -0.05) is 42.0 Å². The van der Waals surface area contributed by atoms with Crippen LogP contribution in [0.15, 0.2) is 42.0 Å². The van der Waals surface area contributed by atoms with Crippen molar-refractivity contribution < 1.29 is 9.90 Å². The third kappa shape index (κ3) is 2.56. The zero-order valence-electron chi connectivity index (χ0n) is 11.0. The van der Waals surface area contributed by atoms with E-state index in [1.165, 1.54) is 11.1 Å². The highest BCUT2D eigenvalue weighted by molar-refractivity contribution is 5.71. The molecule has 100 valence electrons. The van der Waals surface area contributed by atoms with E-state index < -0.39 is 5.97 Å². The van der Waals surface area contributed by atoms with Crippen molar-refractivity contribution in [2.45, 2.75) is 19.4 Å². The standard InChI is InChI=1S/C16H19NO2/c18-16(19)14-8-4-7-13-10-17(11-15(13)14)9-12-5-2-1-3-6-12/h1-3,5-7,14-15H,4,8-11H2,(H,18,19). The Morgan fingerprint density at radius 3 is 2.84 bits per heavy atom. The van der Waals surface area contributed by atoms with E-state index >= 15 is 0 Å². The number of hydrogen-bond acceptors (Lipinski definition) is 2. The van der Waals surface area contributed by atoms with Crippen LogP contribution in [-0.4, -0.2) is 29.1 Å². The first-order valence-corrected chi connectivity index (χ1v) is 6.92. The van der Waals surface area contributed by atoms with Crippen molar-refractivity contribution in [3.63, 3.8) is 0 Å². The fourth-order valence-electron chi connectivity index (χ4n) is 3.34. The molecule has 1 N–H and O–H groups in total. The Bertz CT molecular complexity index is 495. The topological polar surface area (TPSA) is 40.5 Å². The molecular weight excluding hydrogens is 238 g/mol. The third-order valence-corrected chi connectivity index (χ3v) is 4.27. The van der Waals surface area contributed by atoms with Crippen molar-refractivity contribution in [2.75, 3.05) is 13.1 Å². The number of carboxylic acids is 1. The van der Waals surface area contributed by atoms with Gasteiger partial charge in [-0.25, -0.2) is 0 Å². The van der Waals surface area contributed by atoms with Crippen molar-refractivity contribution in [3.05, 3.63) is 47.5 Å². The summed E-state index contributed by atoms with van der Waals surface area (Å²) in [6, 6.07) is 10.4. The molecular formula is C16H19NO2. The maximum atomic E-state index is 11.3. The predicted molar refractivity (Wildman–Crippen MR) is 73.7 cm³/mol. The van der Waals surface area contributed by atoms with Gasteiger partial charge in [0, 0.05) is 25.6 Å². The van der Waals surface area contributed by atoms with Crippen molar-refractivity contribution in [2.24, 2.45) is 11.8 Å². The maximum Gasteiger partial charge on any atom is 0.307 e. The van der Waals surface area contributed by atoms with Gasteiger partial charge in [-0.05, 0) is 18.4 Å². The second-order valence-electron chi connectivity index (χ2n) is 5.56. The molecule has 0 aromatic heterocycles. The van der Waals surface area contributed by atoms with Crippen LogP contribution in [0.5, 0.6) is 0 Å². The quantitative estimate of drug-likeness (QED) is 0.846. The Balaban J connectivity index is 1.71. The van der Waals surface area contributed by atoms with E-state index in [-0.39, 0.29) is 11.8 Å². The van der Waals surface area contributed by atoms with Gasteiger partial charge in [-0.2, -0.15) is 0 Å². The first kappa shape index (κ1) is 12.4. The Morgan fingerprint density at radius 2 is 2.11 bits per heavy atom. The third-order valence-electron chi connectivity index (χ3n) is 4.27. The number of benzene rings is 1. The van der Waals surface area contributed by atoms with Crippen LogP contribution in [-0.2, 0) is 11.3 Å². The van der Waals surface area contributed by atoms with E-state index in [4.69, 9.17) is 0 Å². The molecule has 0 amide bonds. The summed E-state index contributed by atoms with van der Waals surface area (Å²) in [7, 11) is 0. The number of fused-ring (bicyclic) bond motifs is 1. The molecule has 3 rings (SSSR count). The van der Waals surface area contributed by atoms with E-state index in [0.29, 0.717) is 0 Å². The highest BCUT2D eigenvalue weighted by Crippen LogP contribution is 2.36. The summed E-state index contributed by atoms with van der Waals surface area (Å²) in [4.78, 5) is 13.7. The first-order chi connectivity index (χ1) is 9.24. The van der Waals surface area contributed by atoms with Gasteiger partial charge >= 0.3 is 5.97 Å². The van der Waals surface area contributed by atoms with Gasteiger partial charge in [0.15, 0.2) is 0 Å². The number of rotatable bonds is 3. The number of likely N-dealkylation sites (tertiary alicyclic amines) is 1. The van der Waals surface area contributed by atoms with Crippen LogP contribution in [0.3, 0.4) is 0 Å². The van der Waals surface area contributed by atoms with E-state index in [9.17, 15) is 9.90 Å². The maximum absolute atomic E-state index is 11.3. The van der Waals surface area contributed by atoms with Crippen LogP contribution in [0.2, 0.25) is 0 Å². The highest BCUT2D eigenvalue weighted by atomic mass is 16.4. The van der Waals surface area contributed by atoms with Gasteiger partial charge in [-0.3, -0.25) is 9.69 Å². The van der Waals surface area contributed by atoms with Gasteiger partial charge < -0.3 is 5.11 Å². The lowest BCUT2D eigenvalue weighted by molar-refractivity contribution is -0.143. The summed E-state index contributed by atoms with van der Waals surface area (Å²) < 4.78 is 0. The Morgan fingerprint density at radius 1 is 1.32 bits per heavy atom. The summed E-state index contributed by atoms with van der Waals surface area (Å²) in [6.45, 7) is 2.74. The van der Waals surface area contributed by atoms with Crippen LogP contribution in [0, 0.1) is 11.8 Å². The molecule has 1 fully saturated rings. The summed E-state index contributed by atoms with van der Waals surface area (Å²) in [6.07, 6.45) is 3.97. The number of nitrogens with zero attached hydrogens (tertiary/aromatic N) is 1. The molecule has 1 heterocycles. The van der Waals surface area contributed by atoms with Crippen molar-refractivity contribution in [3.8, 4) is 0 Å². The zero-order valence-corrected chi connectivity index (χ0v) is 11.0. The summed E-state index contributed by atoms with van der Waals surface area (Å²) >= 11 is 0. The molecule has 1 aromatic carbocycles. The van der Waals surface area contributed by atoms with Gasteiger partial charge in [0.2, 0.25) is 0 Å². The lowest BCUT2D eigenvalue weighted by Crippen LogP contribution is -2.29. The van der Waals surface area contributed by atoms with Crippen LogP contribution in [0.4, 0.5) is 0 Å². The fraction of sp³-hybridized carbons (Fsp3) is 0.438. The van der Waals surface area contributed by atoms with Gasteiger partial charge in [-0.15, -0.1) is 0 Å². The second kappa shape index (κ2) is 5.17. The number of carbonyl (C=O) groups is 1. The monoisotopic (exact) mass is 257 g/mol. The molecule has 1 aromatic rings. The summed E-state index contributed by atoms with van der Waals surface area (Å²) in [5.41, 5.74) is 2.64. The minimum atomic E-state index is -0.628. The molecule has 2 unspecified atom stereocenters. The van der Waals surface area contributed by atoms with Crippen molar-refractivity contribution in [1.29, 1.82) is 0 Å². The van der Waals surface area contributed by atoms with Crippen LogP contribution in [0.25, 0.3) is 0 Å². The molecule has 1 aliphatic carbocycles. The first-order valence-electron chi connectivity index (χ1n) is 6.92. The predicted octanol–water partition coefficient (Wildman–Crippen LogP) is 2.54. The fourth-order valence-corrected chi connectivity index (χ4v) is 3.34. The molecule has 1 saturated heterocycles. The molecule has 3 nitrogen and oxygen atoms in total. The number of hydrogen-bond donors (Lipinski definition) is 1. The summed E-state index contributed by atoms with van der Waals surface area (Å²) in [5.74, 6) is -0.576. The van der Waals surface area contributed by atoms with Gasteiger partial charge in [0.25, 0.3) is 0 Å².